The fourth-order valence-electron chi connectivity index (χ4n) is 1.27. The van der Waals surface area contributed by atoms with Crippen LogP contribution in [0.15, 0.2) is 18.2 Å². The first-order valence-corrected chi connectivity index (χ1v) is 5.93. The minimum Gasteiger partial charge on any atom is -0.0933 e. The van der Waals surface area contributed by atoms with Crippen LogP contribution in [-0.4, -0.2) is 6.66 Å². The van der Waals surface area contributed by atoms with Crippen LogP contribution in [0.4, 0.5) is 0 Å². The van der Waals surface area contributed by atoms with Gasteiger partial charge in [-0.3, -0.25) is 0 Å². The van der Waals surface area contributed by atoms with Gasteiger partial charge in [-0.2, -0.15) is 0 Å². The summed E-state index contributed by atoms with van der Waals surface area (Å²) in [6.07, 6.45) is 0. The van der Waals surface area contributed by atoms with E-state index in [0.29, 0.717) is 5.92 Å². The van der Waals surface area contributed by atoms with Gasteiger partial charge in [0.05, 0.1) is 0 Å². The van der Waals surface area contributed by atoms with E-state index in [0.717, 1.165) is 8.58 Å². The standard InChI is InChI=1S/C11H17P/c1-8(2)10-6-5-9(3)11(7-10)12-4/h5-8,12H,1-4H3. The zero-order chi connectivity index (χ0) is 9.14. The molecule has 0 radical (unpaired) electrons. The van der Waals surface area contributed by atoms with Crippen LogP contribution in [0.3, 0.4) is 0 Å². The maximum absolute atomic E-state index is 2.35. The van der Waals surface area contributed by atoms with E-state index in [2.05, 4.69) is 45.6 Å². The van der Waals surface area contributed by atoms with Crippen molar-refractivity contribution in [1.29, 1.82) is 0 Å². The Kier molecular flexibility index (Phi) is 3.29. The second-order valence-corrected chi connectivity index (χ2v) is 4.52. The molecule has 0 aliphatic carbocycles. The van der Waals surface area contributed by atoms with Crippen LogP contribution in [-0.2, 0) is 0 Å². The Labute approximate surface area is 77.2 Å². The van der Waals surface area contributed by atoms with Crippen LogP contribution < -0.4 is 5.30 Å². The smallest absolute Gasteiger partial charge is 0.0219 e. The fraction of sp³-hybridized carbons (Fsp3) is 0.455. The topological polar surface area (TPSA) is 0 Å². The molecular formula is C11H17P. The molecular weight excluding hydrogens is 163 g/mol. The Hall–Kier alpha value is -0.350. The summed E-state index contributed by atoms with van der Waals surface area (Å²) < 4.78 is 0. The van der Waals surface area contributed by atoms with Gasteiger partial charge in [0, 0.05) is 0 Å². The zero-order valence-corrected chi connectivity index (χ0v) is 9.31. The van der Waals surface area contributed by atoms with E-state index >= 15 is 0 Å². The Bertz CT molecular complexity index is 264. The number of hydrogen-bond donors (Lipinski definition) is 0. The third kappa shape index (κ3) is 2.08. The largest absolute Gasteiger partial charge is 0.0933 e. The minimum atomic E-state index is 0.653. The normalized spacial score (nSPS) is 11.8. The van der Waals surface area contributed by atoms with Crippen LogP contribution in [0.1, 0.15) is 30.9 Å². The summed E-state index contributed by atoms with van der Waals surface area (Å²) >= 11 is 0. The molecule has 0 aliphatic rings. The molecule has 1 aromatic rings. The highest BCUT2D eigenvalue weighted by molar-refractivity contribution is 7.46. The molecule has 66 valence electrons. The van der Waals surface area contributed by atoms with Gasteiger partial charge in [0.25, 0.3) is 0 Å². The zero-order valence-electron chi connectivity index (χ0n) is 8.31. The lowest BCUT2D eigenvalue weighted by molar-refractivity contribution is 0.867. The van der Waals surface area contributed by atoms with Gasteiger partial charge in [0.2, 0.25) is 0 Å². The first-order valence-electron chi connectivity index (χ1n) is 4.43. The molecule has 0 saturated heterocycles. The van der Waals surface area contributed by atoms with E-state index in [1.54, 1.807) is 0 Å². The number of rotatable bonds is 2. The van der Waals surface area contributed by atoms with Crippen molar-refractivity contribution in [2.75, 3.05) is 6.66 Å². The maximum Gasteiger partial charge on any atom is -0.0219 e. The number of benzene rings is 1. The quantitative estimate of drug-likeness (QED) is 0.613. The Morgan fingerprint density at radius 3 is 2.42 bits per heavy atom. The molecule has 0 bridgehead atoms. The highest BCUT2D eigenvalue weighted by Gasteiger charge is 2.01. The van der Waals surface area contributed by atoms with Crippen molar-refractivity contribution < 1.29 is 0 Å². The third-order valence-corrected chi connectivity index (χ3v) is 3.27. The summed E-state index contributed by atoms with van der Waals surface area (Å²) in [6.45, 7) is 8.92. The highest BCUT2D eigenvalue weighted by atomic mass is 31.1. The molecule has 0 heterocycles. The van der Waals surface area contributed by atoms with Crippen LogP contribution in [0, 0.1) is 6.92 Å². The molecule has 0 N–H and O–H groups in total. The number of aryl methyl sites for hydroxylation is 1. The van der Waals surface area contributed by atoms with Gasteiger partial charge in [-0.25, -0.2) is 0 Å². The van der Waals surface area contributed by atoms with Crippen molar-refractivity contribution in [1.82, 2.24) is 0 Å². The Morgan fingerprint density at radius 2 is 1.92 bits per heavy atom. The lowest BCUT2D eigenvalue weighted by atomic mass is 10.0. The van der Waals surface area contributed by atoms with Gasteiger partial charge in [-0.15, -0.1) is 0 Å². The first kappa shape index (κ1) is 9.74. The van der Waals surface area contributed by atoms with Gasteiger partial charge in [0.15, 0.2) is 0 Å². The average molecular weight is 180 g/mol. The second-order valence-electron chi connectivity index (χ2n) is 3.48. The Balaban J connectivity index is 3.05. The van der Waals surface area contributed by atoms with Crippen LogP contribution in [0.2, 0.25) is 0 Å². The first-order chi connectivity index (χ1) is 5.65. The number of hydrogen-bond acceptors (Lipinski definition) is 0. The molecule has 0 amide bonds. The molecule has 0 aliphatic heterocycles. The van der Waals surface area contributed by atoms with Crippen molar-refractivity contribution in [3.05, 3.63) is 29.3 Å². The average Bonchev–Trinajstić information content (AvgIpc) is 2.05. The maximum atomic E-state index is 2.35. The third-order valence-electron chi connectivity index (χ3n) is 2.20. The van der Waals surface area contributed by atoms with Gasteiger partial charge < -0.3 is 0 Å². The highest BCUT2D eigenvalue weighted by Crippen LogP contribution is 2.17. The van der Waals surface area contributed by atoms with E-state index in [1.165, 1.54) is 16.4 Å². The monoisotopic (exact) mass is 180 g/mol. The molecule has 0 saturated carbocycles. The summed E-state index contributed by atoms with van der Waals surface area (Å²) in [5.74, 6) is 0.653. The van der Waals surface area contributed by atoms with E-state index in [-0.39, 0.29) is 0 Å². The van der Waals surface area contributed by atoms with Crippen molar-refractivity contribution in [2.24, 2.45) is 0 Å². The van der Waals surface area contributed by atoms with Gasteiger partial charge in [-0.05, 0) is 35.9 Å². The molecule has 1 rings (SSSR count). The van der Waals surface area contributed by atoms with Crippen molar-refractivity contribution in [3.63, 3.8) is 0 Å². The molecule has 12 heavy (non-hydrogen) atoms. The molecule has 1 atom stereocenters. The molecule has 0 nitrogen and oxygen atoms in total. The van der Waals surface area contributed by atoms with E-state index in [1.807, 2.05) is 0 Å². The second kappa shape index (κ2) is 4.05. The van der Waals surface area contributed by atoms with Gasteiger partial charge in [-0.1, -0.05) is 40.6 Å². The summed E-state index contributed by atoms with van der Waals surface area (Å²) in [7, 11) is 0.918. The molecule has 1 heteroatoms. The molecule has 0 aromatic heterocycles. The molecule has 0 fully saturated rings. The van der Waals surface area contributed by atoms with E-state index in [9.17, 15) is 0 Å². The lowest BCUT2D eigenvalue weighted by Crippen LogP contribution is -2.02. The molecule has 1 aromatic carbocycles. The Morgan fingerprint density at radius 1 is 1.25 bits per heavy atom. The van der Waals surface area contributed by atoms with Crippen LogP contribution in [0.5, 0.6) is 0 Å². The van der Waals surface area contributed by atoms with Gasteiger partial charge in [0.1, 0.15) is 0 Å². The minimum absolute atomic E-state index is 0.653. The summed E-state index contributed by atoms with van der Waals surface area (Å²) in [6, 6.07) is 6.82. The predicted octanol–water partition coefficient (Wildman–Crippen LogP) is 3.05. The molecule has 0 spiro atoms. The SMILES string of the molecule is CPc1cc(C(C)C)ccc1C. The van der Waals surface area contributed by atoms with Crippen molar-refractivity contribution in [2.45, 2.75) is 26.7 Å². The summed E-state index contributed by atoms with van der Waals surface area (Å²) in [4.78, 5) is 0. The van der Waals surface area contributed by atoms with Crippen LogP contribution in [0.25, 0.3) is 0 Å². The lowest BCUT2D eigenvalue weighted by Gasteiger charge is -2.09. The van der Waals surface area contributed by atoms with E-state index in [4.69, 9.17) is 0 Å². The van der Waals surface area contributed by atoms with Gasteiger partial charge >= 0.3 is 0 Å². The van der Waals surface area contributed by atoms with E-state index < -0.39 is 0 Å². The predicted molar refractivity (Wildman–Crippen MR) is 59.1 cm³/mol. The van der Waals surface area contributed by atoms with Crippen molar-refractivity contribution in [3.8, 4) is 0 Å². The van der Waals surface area contributed by atoms with Crippen molar-refractivity contribution >= 4 is 13.9 Å². The summed E-state index contributed by atoms with van der Waals surface area (Å²) in [5, 5.41) is 1.52. The fourth-order valence-corrected chi connectivity index (χ4v) is 2.06. The molecule has 1 unspecified atom stereocenters. The summed E-state index contributed by atoms with van der Waals surface area (Å²) in [5.41, 5.74) is 2.89. The van der Waals surface area contributed by atoms with Crippen LogP contribution >= 0.6 is 8.58 Å².